The molecule has 0 saturated carbocycles. The van der Waals surface area contributed by atoms with Crippen LogP contribution in [0.15, 0.2) is 18.2 Å². The van der Waals surface area contributed by atoms with E-state index in [-0.39, 0.29) is 5.69 Å². The zero-order valence-electron chi connectivity index (χ0n) is 10.4. The van der Waals surface area contributed by atoms with Gasteiger partial charge in [0.15, 0.2) is 5.69 Å². The third-order valence-electron chi connectivity index (χ3n) is 2.64. The number of halogens is 2. The van der Waals surface area contributed by atoms with Crippen LogP contribution in [0.3, 0.4) is 0 Å². The van der Waals surface area contributed by atoms with Crippen LogP contribution in [-0.4, -0.2) is 20.5 Å². The van der Waals surface area contributed by atoms with Gasteiger partial charge in [0, 0.05) is 6.54 Å². The zero-order chi connectivity index (χ0) is 15.0. The van der Waals surface area contributed by atoms with Gasteiger partial charge in [-0.05, 0) is 17.7 Å². The van der Waals surface area contributed by atoms with Crippen molar-refractivity contribution < 1.29 is 4.79 Å². The number of benzene rings is 1. The summed E-state index contributed by atoms with van der Waals surface area (Å²) in [5, 5.41) is 9.02. The molecule has 107 valence electrons. The van der Waals surface area contributed by atoms with Crippen molar-refractivity contribution in [2.24, 2.45) is 5.73 Å². The van der Waals surface area contributed by atoms with Gasteiger partial charge in [-0.2, -0.15) is 4.52 Å². The largest absolute Gasteiger partial charge is 0.364 e. The van der Waals surface area contributed by atoms with Gasteiger partial charge in [-0.3, -0.25) is 4.79 Å². The Morgan fingerprint density at radius 2 is 2.24 bits per heavy atom. The Labute approximate surface area is 133 Å². The molecule has 3 rings (SSSR count). The van der Waals surface area contributed by atoms with E-state index in [1.54, 1.807) is 12.1 Å². The summed E-state index contributed by atoms with van der Waals surface area (Å²) in [6.07, 6.45) is 2.68. The predicted molar refractivity (Wildman–Crippen MR) is 82.0 cm³/mol. The highest BCUT2D eigenvalue weighted by Gasteiger charge is 2.12. The van der Waals surface area contributed by atoms with E-state index in [4.69, 9.17) is 28.9 Å². The molecule has 1 radical (unpaired) electrons. The Hall–Kier alpha value is -1.83. The highest BCUT2D eigenvalue weighted by Crippen LogP contribution is 2.24. The van der Waals surface area contributed by atoms with Crippen LogP contribution in [0.25, 0.3) is 4.96 Å². The number of fused-ring (bicyclic) bond motifs is 1. The van der Waals surface area contributed by atoms with Crippen LogP contribution < -0.4 is 11.1 Å². The monoisotopic (exact) mass is 340 g/mol. The first-order valence-electron chi connectivity index (χ1n) is 5.79. The van der Waals surface area contributed by atoms with Crippen molar-refractivity contribution in [3.8, 4) is 0 Å². The van der Waals surface area contributed by atoms with E-state index >= 15 is 0 Å². The maximum atomic E-state index is 11.0. The summed E-state index contributed by atoms with van der Waals surface area (Å²) in [5.74, 6) is -0.627. The number of imidazole rings is 1. The fourth-order valence-corrected chi connectivity index (χ4v) is 2.73. The van der Waals surface area contributed by atoms with Crippen molar-refractivity contribution in [2.45, 2.75) is 6.54 Å². The Balaban J connectivity index is 1.74. The number of anilines is 1. The molecule has 2 aromatic heterocycles. The molecule has 0 saturated heterocycles. The quantitative estimate of drug-likeness (QED) is 0.764. The molecule has 9 heteroatoms. The number of carbonyl (C=O) groups excluding carboxylic acids is 1. The number of nitrogens with one attached hydrogen (secondary N) is 1. The summed E-state index contributed by atoms with van der Waals surface area (Å²) in [6.45, 7) is 0.538. The van der Waals surface area contributed by atoms with Gasteiger partial charge in [0.05, 0.1) is 10.0 Å². The van der Waals surface area contributed by atoms with Crippen molar-refractivity contribution in [1.29, 1.82) is 0 Å². The SMILES string of the molecule is NC(=O)c1[c]n2nc(NCc3ccc(Cl)c(Cl)c3)sc2n1. The third-order valence-corrected chi connectivity index (χ3v) is 4.25. The normalized spacial score (nSPS) is 11.0. The fourth-order valence-electron chi connectivity index (χ4n) is 1.66. The average Bonchev–Trinajstić information content (AvgIpc) is 2.98. The molecule has 0 aliphatic heterocycles. The number of carbonyl (C=O) groups is 1. The van der Waals surface area contributed by atoms with Crippen LogP contribution >= 0.6 is 34.5 Å². The summed E-state index contributed by atoms with van der Waals surface area (Å²) < 4.78 is 1.39. The van der Waals surface area contributed by atoms with Crippen molar-refractivity contribution in [1.82, 2.24) is 14.6 Å². The molecule has 0 spiro atoms. The smallest absolute Gasteiger partial charge is 0.269 e. The minimum Gasteiger partial charge on any atom is -0.364 e. The van der Waals surface area contributed by atoms with Crippen molar-refractivity contribution in [3.05, 3.63) is 45.7 Å². The predicted octanol–water partition coefficient (Wildman–Crippen LogP) is 2.61. The molecule has 0 unspecified atom stereocenters. The van der Waals surface area contributed by atoms with Gasteiger partial charge in [-0.15, -0.1) is 5.10 Å². The lowest BCUT2D eigenvalue weighted by atomic mass is 10.2. The molecule has 2 heterocycles. The van der Waals surface area contributed by atoms with Crippen LogP contribution in [0, 0.1) is 6.20 Å². The van der Waals surface area contributed by atoms with E-state index < -0.39 is 5.91 Å². The molecule has 0 fully saturated rings. The van der Waals surface area contributed by atoms with Gasteiger partial charge >= 0.3 is 0 Å². The van der Waals surface area contributed by atoms with Crippen molar-refractivity contribution >= 4 is 50.5 Å². The molecule has 6 nitrogen and oxygen atoms in total. The summed E-state index contributed by atoms with van der Waals surface area (Å²) in [7, 11) is 0. The summed E-state index contributed by atoms with van der Waals surface area (Å²) in [5.41, 5.74) is 6.17. The Kier molecular flexibility index (Phi) is 3.71. The summed E-state index contributed by atoms with van der Waals surface area (Å²) in [4.78, 5) is 15.5. The van der Waals surface area contributed by atoms with Crippen LogP contribution in [0.5, 0.6) is 0 Å². The first-order valence-corrected chi connectivity index (χ1v) is 7.36. The summed E-state index contributed by atoms with van der Waals surface area (Å²) in [6, 6.07) is 5.40. The average molecular weight is 341 g/mol. The zero-order valence-corrected chi connectivity index (χ0v) is 12.8. The number of hydrogen-bond acceptors (Lipinski definition) is 5. The highest BCUT2D eigenvalue weighted by atomic mass is 35.5. The second-order valence-corrected chi connectivity index (χ2v) is 5.91. The lowest BCUT2D eigenvalue weighted by Gasteiger charge is -2.03. The van der Waals surface area contributed by atoms with Gasteiger partial charge in [0.25, 0.3) is 5.91 Å². The van der Waals surface area contributed by atoms with E-state index in [1.807, 2.05) is 6.07 Å². The number of aromatic nitrogens is 3. The topological polar surface area (TPSA) is 85.3 Å². The molecular weight excluding hydrogens is 333 g/mol. The standard InChI is InChI=1S/C12H8Cl2N5OS/c13-7-2-1-6(3-8(7)14)4-16-11-18-19-5-9(10(15)20)17-12(19)21-11/h1-3H,4H2,(H2,15,20)(H,16,18). The van der Waals surface area contributed by atoms with Gasteiger partial charge in [-0.1, -0.05) is 40.6 Å². The molecule has 0 bridgehead atoms. The molecule has 0 aliphatic carbocycles. The van der Waals surface area contributed by atoms with Gasteiger partial charge in [0.1, 0.15) is 6.20 Å². The molecule has 3 aromatic rings. The molecule has 21 heavy (non-hydrogen) atoms. The van der Waals surface area contributed by atoms with Crippen molar-refractivity contribution in [3.63, 3.8) is 0 Å². The summed E-state index contributed by atoms with van der Waals surface area (Å²) >= 11 is 13.1. The first kappa shape index (κ1) is 14.1. The molecule has 1 aromatic carbocycles. The van der Waals surface area contributed by atoms with E-state index in [9.17, 15) is 4.79 Å². The number of rotatable bonds is 4. The van der Waals surface area contributed by atoms with E-state index in [2.05, 4.69) is 21.6 Å². The molecule has 0 aliphatic rings. The van der Waals surface area contributed by atoms with Gasteiger partial charge in [-0.25, -0.2) is 4.98 Å². The van der Waals surface area contributed by atoms with E-state index in [0.717, 1.165) is 5.56 Å². The number of nitrogens with two attached hydrogens (primary N) is 1. The Morgan fingerprint density at radius 1 is 1.43 bits per heavy atom. The van der Waals surface area contributed by atoms with E-state index in [1.165, 1.54) is 15.9 Å². The maximum absolute atomic E-state index is 11.0. The Morgan fingerprint density at radius 3 is 2.90 bits per heavy atom. The minimum atomic E-state index is -0.627. The van der Waals surface area contributed by atoms with Crippen molar-refractivity contribution in [2.75, 3.05) is 5.32 Å². The van der Waals surface area contributed by atoms with Crippen LogP contribution in [-0.2, 0) is 6.54 Å². The second kappa shape index (κ2) is 5.51. The van der Waals surface area contributed by atoms with E-state index in [0.29, 0.717) is 26.7 Å². The molecule has 1 amide bonds. The second-order valence-electron chi connectivity index (χ2n) is 4.14. The van der Waals surface area contributed by atoms with Crippen LogP contribution in [0.2, 0.25) is 10.0 Å². The molecular formula is C12H8Cl2N5OS. The lowest BCUT2D eigenvalue weighted by Crippen LogP contribution is -2.11. The number of amides is 1. The number of nitrogens with zero attached hydrogens (tertiary/aromatic N) is 3. The lowest BCUT2D eigenvalue weighted by molar-refractivity contribution is 0.0996. The Bertz CT molecular complexity index is 797. The molecule has 0 atom stereocenters. The first-order chi connectivity index (χ1) is 10.0. The van der Waals surface area contributed by atoms with Crippen LogP contribution in [0.1, 0.15) is 16.1 Å². The molecule has 3 N–H and O–H groups in total. The fraction of sp³-hybridized carbons (Fsp3) is 0.0833. The highest BCUT2D eigenvalue weighted by molar-refractivity contribution is 7.20. The number of hydrogen-bond donors (Lipinski definition) is 2. The third kappa shape index (κ3) is 2.94. The minimum absolute atomic E-state index is 0.0739. The van der Waals surface area contributed by atoms with Gasteiger partial charge in [0.2, 0.25) is 10.1 Å². The van der Waals surface area contributed by atoms with Gasteiger partial charge < -0.3 is 11.1 Å². The maximum Gasteiger partial charge on any atom is 0.269 e. The number of primary amides is 1. The van der Waals surface area contributed by atoms with Crippen LogP contribution in [0.4, 0.5) is 5.13 Å².